The van der Waals surface area contributed by atoms with E-state index in [9.17, 15) is 15.3 Å². The van der Waals surface area contributed by atoms with Gasteiger partial charge in [0.05, 0.1) is 25.3 Å². The van der Waals surface area contributed by atoms with E-state index in [0.29, 0.717) is 12.4 Å². The van der Waals surface area contributed by atoms with Gasteiger partial charge < -0.3 is 29.5 Å². The van der Waals surface area contributed by atoms with Gasteiger partial charge in [-0.15, -0.1) is 0 Å². The number of hydrogen-bond donors (Lipinski definition) is 3. The summed E-state index contributed by atoms with van der Waals surface area (Å²) in [4.78, 5) is 6.11. The zero-order valence-corrected chi connectivity index (χ0v) is 19.4. The minimum absolute atomic E-state index is 0.0388. The summed E-state index contributed by atoms with van der Waals surface area (Å²) in [5.74, 6) is 1.29. The Morgan fingerprint density at radius 2 is 1.64 bits per heavy atom. The Balaban J connectivity index is 1.64. The number of aliphatic hydroxyl groups is 3. The SMILES string of the molecule is C[C@H](O)c1nccn1[C@@H](/C=C/c1ccc(-c2ccc(OCC(CO)N(C)C)cc2)cc1)CO. The Morgan fingerprint density at radius 3 is 2.18 bits per heavy atom. The first-order chi connectivity index (χ1) is 15.9. The molecule has 0 aliphatic rings. The van der Waals surface area contributed by atoms with Gasteiger partial charge in [0, 0.05) is 12.4 Å². The van der Waals surface area contributed by atoms with Crippen molar-refractivity contribution in [3.63, 3.8) is 0 Å². The van der Waals surface area contributed by atoms with Gasteiger partial charge in [-0.2, -0.15) is 0 Å². The van der Waals surface area contributed by atoms with Crippen molar-refractivity contribution >= 4 is 6.08 Å². The molecule has 0 saturated heterocycles. The summed E-state index contributed by atoms with van der Waals surface area (Å²) in [5, 5.41) is 29.1. The first kappa shape index (κ1) is 24.7. The highest BCUT2D eigenvalue weighted by Gasteiger charge is 2.14. The predicted molar refractivity (Wildman–Crippen MR) is 130 cm³/mol. The minimum atomic E-state index is -0.706. The van der Waals surface area contributed by atoms with Crippen molar-refractivity contribution in [1.29, 1.82) is 0 Å². The molecule has 3 aromatic rings. The summed E-state index contributed by atoms with van der Waals surface area (Å²) < 4.78 is 7.57. The van der Waals surface area contributed by atoms with Gasteiger partial charge in [0.15, 0.2) is 0 Å². The third-order valence-corrected chi connectivity index (χ3v) is 5.61. The van der Waals surface area contributed by atoms with E-state index in [1.807, 2.05) is 67.5 Å². The van der Waals surface area contributed by atoms with E-state index >= 15 is 0 Å². The molecule has 3 N–H and O–H groups in total. The molecule has 7 heteroatoms. The summed E-state index contributed by atoms with van der Waals surface area (Å²) in [6.45, 7) is 2.04. The molecule has 1 aromatic heterocycles. The predicted octanol–water partition coefficient (Wildman–Crippen LogP) is 3.15. The second kappa shape index (κ2) is 11.8. The summed E-state index contributed by atoms with van der Waals surface area (Å²) in [5.41, 5.74) is 3.18. The summed E-state index contributed by atoms with van der Waals surface area (Å²) in [6.07, 6.45) is 6.53. The molecule has 0 aliphatic carbocycles. The van der Waals surface area contributed by atoms with Crippen LogP contribution in [0.4, 0.5) is 0 Å². The van der Waals surface area contributed by atoms with Gasteiger partial charge in [0.2, 0.25) is 0 Å². The maximum absolute atomic E-state index is 9.86. The molecule has 0 bridgehead atoms. The molecule has 1 heterocycles. The zero-order valence-electron chi connectivity index (χ0n) is 19.4. The van der Waals surface area contributed by atoms with E-state index in [1.165, 1.54) is 0 Å². The maximum Gasteiger partial charge on any atom is 0.137 e. The lowest BCUT2D eigenvalue weighted by molar-refractivity contribution is 0.118. The van der Waals surface area contributed by atoms with E-state index in [2.05, 4.69) is 17.1 Å². The average Bonchev–Trinajstić information content (AvgIpc) is 3.31. The van der Waals surface area contributed by atoms with Crippen molar-refractivity contribution in [2.24, 2.45) is 0 Å². The number of aromatic nitrogens is 2. The van der Waals surface area contributed by atoms with E-state index in [0.717, 1.165) is 22.4 Å². The third-order valence-electron chi connectivity index (χ3n) is 5.61. The number of rotatable bonds is 11. The van der Waals surface area contributed by atoms with Crippen LogP contribution in [0, 0.1) is 0 Å². The molecule has 0 saturated carbocycles. The fraction of sp³-hybridized carbons (Fsp3) is 0.346. The van der Waals surface area contributed by atoms with Crippen molar-refractivity contribution in [1.82, 2.24) is 14.5 Å². The van der Waals surface area contributed by atoms with Crippen molar-refractivity contribution in [3.05, 3.63) is 78.4 Å². The van der Waals surface area contributed by atoms with Crippen LogP contribution in [-0.4, -0.2) is 69.7 Å². The summed E-state index contributed by atoms with van der Waals surface area (Å²) in [7, 11) is 3.83. The monoisotopic (exact) mass is 451 g/mol. The molecule has 0 aliphatic heterocycles. The van der Waals surface area contributed by atoms with Crippen LogP contribution in [-0.2, 0) is 0 Å². The second-order valence-electron chi connectivity index (χ2n) is 8.24. The molecular formula is C26H33N3O4. The zero-order chi connectivity index (χ0) is 23.8. The second-order valence-corrected chi connectivity index (χ2v) is 8.24. The molecule has 0 spiro atoms. The van der Waals surface area contributed by atoms with Crippen LogP contribution in [0.5, 0.6) is 5.75 Å². The number of nitrogens with zero attached hydrogens (tertiary/aromatic N) is 3. The lowest BCUT2D eigenvalue weighted by Gasteiger charge is -2.22. The third kappa shape index (κ3) is 6.52. The van der Waals surface area contributed by atoms with E-state index in [4.69, 9.17) is 4.74 Å². The highest BCUT2D eigenvalue weighted by atomic mass is 16.5. The van der Waals surface area contributed by atoms with E-state index in [-0.39, 0.29) is 25.3 Å². The van der Waals surface area contributed by atoms with Gasteiger partial charge in [-0.1, -0.05) is 48.6 Å². The number of ether oxygens (including phenoxy) is 1. The van der Waals surface area contributed by atoms with E-state index in [1.54, 1.807) is 23.9 Å². The first-order valence-electron chi connectivity index (χ1n) is 11.0. The standard InChI is InChI=1S/C26H33N3O4/c1-19(32)26-27-14-15-29(26)23(16-30)11-6-20-4-7-21(8-5-20)22-9-12-25(13-10-22)33-18-24(17-31)28(2)3/h4-15,19,23-24,30-32H,16-18H2,1-3H3/b11-6+/t19-,23-,24?/m0/s1. The number of likely N-dealkylation sites (N-methyl/N-ethyl adjacent to an activating group) is 1. The van der Waals surface area contributed by atoms with Crippen LogP contribution in [0.1, 0.15) is 30.5 Å². The molecule has 7 nitrogen and oxygen atoms in total. The fourth-order valence-corrected chi connectivity index (χ4v) is 3.48. The molecule has 176 valence electrons. The minimum Gasteiger partial charge on any atom is -0.492 e. The van der Waals surface area contributed by atoms with Crippen LogP contribution >= 0.6 is 0 Å². The summed E-state index contributed by atoms with van der Waals surface area (Å²) >= 11 is 0. The normalized spacial score (nSPS) is 14.5. The molecule has 1 unspecified atom stereocenters. The Bertz CT molecular complexity index is 1010. The van der Waals surface area contributed by atoms with Gasteiger partial charge in [-0.05, 0) is 49.8 Å². The molecule has 0 fully saturated rings. The lowest BCUT2D eigenvalue weighted by Crippen LogP contribution is -2.36. The Kier molecular flexibility index (Phi) is 8.79. The fourth-order valence-electron chi connectivity index (χ4n) is 3.48. The number of benzene rings is 2. The van der Waals surface area contributed by atoms with Gasteiger partial charge in [-0.25, -0.2) is 4.98 Å². The van der Waals surface area contributed by atoms with Crippen LogP contribution in [0.2, 0.25) is 0 Å². The largest absolute Gasteiger partial charge is 0.492 e. The molecule has 0 amide bonds. The van der Waals surface area contributed by atoms with Gasteiger partial charge in [-0.3, -0.25) is 0 Å². The summed E-state index contributed by atoms with van der Waals surface area (Å²) in [6, 6.07) is 15.7. The quantitative estimate of drug-likeness (QED) is 0.415. The number of hydrogen-bond acceptors (Lipinski definition) is 6. The van der Waals surface area contributed by atoms with Crippen LogP contribution in [0.25, 0.3) is 17.2 Å². The smallest absolute Gasteiger partial charge is 0.137 e. The molecule has 2 aromatic carbocycles. The highest BCUT2D eigenvalue weighted by molar-refractivity contribution is 5.66. The van der Waals surface area contributed by atoms with Crippen molar-refractivity contribution < 1.29 is 20.1 Å². The molecule has 0 radical (unpaired) electrons. The average molecular weight is 452 g/mol. The Labute approximate surface area is 195 Å². The van der Waals surface area contributed by atoms with Crippen molar-refractivity contribution in [3.8, 4) is 16.9 Å². The highest BCUT2D eigenvalue weighted by Crippen LogP contribution is 2.24. The first-order valence-corrected chi connectivity index (χ1v) is 11.0. The molecule has 3 rings (SSSR count). The van der Waals surface area contributed by atoms with Crippen molar-refractivity contribution in [2.45, 2.75) is 25.1 Å². The number of imidazole rings is 1. The van der Waals surface area contributed by atoms with Crippen LogP contribution in [0.15, 0.2) is 67.0 Å². The lowest BCUT2D eigenvalue weighted by atomic mass is 10.0. The van der Waals surface area contributed by atoms with Gasteiger partial charge in [0.25, 0.3) is 0 Å². The van der Waals surface area contributed by atoms with Gasteiger partial charge >= 0.3 is 0 Å². The van der Waals surface area contributed by atoms with E-state index < -0.39 is 6.10 Å². The Hall–Kier alpha value is -2.97. The topological polar surface area (TPSA) is 91.0 Å². The molecule has 33 heavy (non-hydrogen) atoms. The van der Waals surface area contributed by atoms with Crippen molar-refractivity contribution in [2.75, 3.05) is 33.9 Å². The van der Waals surface area contributed by atoms with Crippen LogP contribution in [0.3, 0.4) is 0 Å². The molecular weight excluding hydrogens is 418 g/mol. The van der Waals surface area contributed by atoms with Gasteiger partial charge in [0.1, 0.15) is 24.3 Å². The van der Waals surface area contributed by atoms with Crippen LogP contribution < -0.4 is 4.74 Å². The number of aliphatic hydroxyl groups excluding tert-OH is 3. The Morgan fingerprint density at radius 1 is 1.00 bits per heavy atom. The molecule has 3 atom stereocenters. The maximum atomic E-state index is 9.86.